The van der Waals surface area contributed by atoms with Gasteiger partial charge in [-0.1, -0.05) is 0 Å². The Labute approximate surface area is 117 Å². The number of thiophene rings is 1. The highest BCUT2D eigenvalue weighted by atomic mass is 79.9. The molecule has 0 atom stereocenters. The first kappa shape index (κ1) is 11.7. The fraction of sp³-hybridized carbons (Fsp3) is 0.154. The van der Waals surface area contributed by atoms with Crippen molar-refractivity contribution in [3.63, 3.8) is 0 Å². The zero-order chi connectivity index (χ0) is 12.5. The fourth-order valence-electron chi connectivity index (χ4n) is 1.85. The number of hydrogen-bond donors (Lipinski definition) is 2. The molecular weight excluding hydrogens is 310 g/mol. The van der Waals surface area contributed by atoms with E-state index in [0.29, 0.717) is 0 Å². The van der Waals surface area contributed by atoms with Crippen LogP contribution in [0.5, 0.6) is 0 Å². The lowest BCUT2D eigenvalue weighted by Crippen LogP contribution is -1.96. The molecule has 0 radical (unpaired) electrons. The second-order valence-corrected chi connectivity index (χ2v) is 6.34. The molecule has 0 fully saturated rings. The molecule has 2 N–H and O–H groups in total. The topological polar surface area (TPSA) is 40.7 Å². The lowest BCUT2D eigenvalue weighted by atomic mass is 10.2. The van der Waals surface area contributed by atoms with E-state index in [2.05, 4.69) is 56.6 Å². The molecule has 1 aromatic carbocycles. The number of aryl methyl sites for hydroxylation is 1. The molecule has 0 amide bonds. The van der Waals surface area contributed by atoms with Crippen molar-refractivity contribution in [2.45, 2.75) is 13.5 Å². The summed E-state index contributed by atoms with van der Waals surface area (Å²) in [6.45, 7) is 2.97. The number of fused-ring (bicyclic) bond motifs is 1. The molecule has 2 aromatic heterocycles. The fourth-order valence-corrected chi connectivity index (χ4v) is 3.39. The summed E-state index contributed by atoms with van der Waals surface area (Å²) in [7, 11) is 0. The van der Waals surface area contributed by atoms with Crippen LogP contribution in [-0.4, -0.2) is 10.2 Å². The number of anilines is 1. The molecule has 0 aliphatic heterocycles. The first-order valence-corrected chi connectivity index (χ1v) is 7.25. The maximum atomic E-state index is 4.02. The van der Waals surface area contributed by atoms with Gasteiger partial charge in [0.25, 0.3) is 0 Å². The summed E-state index contributed by atoms with van der Waals surface area (Å²) >= 11 is 5.35. The minimum atomic E-state index is 0.848. The van der Waals surface area contributed by atoms with Crippen LogP contribution in [0.25, 0.3) is 10.9 Å². The molecule has 0 spiro atoms. The Bertz CT molecular complexity index is 667. The summed E-state index contributed by atoms with van der Waals surface area (Å²) in [6, 6.07) is 8.38. The van der Waals surface area contributed by atoms with E-state index in [4.69, 9.17) is 0 Å². The molecule has 18 heavy (non-hydrogen) atoms. The third-order valence-corrected chi connectivity index (χ3v) is 4.95. The molecule has 5 heteroatoms. The van der Waals surface area contributed by atoms with Crippen molar-refractivity contribution in [3.05, 3.63) is 44.7 Å². The number of nitrogens with one attached hydrogen (secondary N) is 2. The minimum Gasteiger partial charge on any atom is -0.380 e. The molecule has 0 aliphatic carbocycles. The summed E-state index contributed by atoms with van der Waals surface area (Å²) in [4.78, 5) is 2.64. The predicted octanol–water partition coefficient (Wildman–Crippen LogP) is 4.31. The van der Waals surface area contributed by atoms with Gasteiger partial charge >= 0.3 is 0 Å². The number of H-pyrrole nitrogens is 1. The van der Waals surface area contributed by atoms with Crippen LogP contribution in [0.3, 0.4) is 0 Å². The van der Waals surface area contributed by atoms with Crippen LogP contribution in [-0.2, 0) is 6.54 Å². The van der Waals surface area contributed by atoms with Crippen LogP contribution < -0.4 is 5.32 Å². The number of aromatic amines is 1. The maximum Gasteiger partial charge on any atom is 0.0651 e. The van der Waals surface area contributed by atoms with Crippen LogP contribution >= 0.6 is 27.3 Å². The summed E-state index contributed by atoms with van der Waals surface area (Å²) in [5.41, 5.74) is 2.18. The standard InChI is InChI=1S/C13H12BrN3S/c1-8-12(14)5-11(18-8)7-15-10-2-3-13-9(4-10)6-16-17-13/h2-6,15H,7H2,1H3,(H,16,17). The van der Waals surface area contributed by atoms with Crippen molar-refractivity contribution in [1.82, 2.24) is 10.2 Å². The first-order chi connectivity index (χ1) is 8.72. The van der Waals surface area contributed by atoms with E-state index in [-0.39, 0.29) is 0 Å². The zero-order valence-corrected chi connectivity index (χ0v) is 12.2. The lowest BCUT2D eigenvalue weighted by Gasteiger charge is -2.04. The third kappa shape index (κ3) is 2.28. The summed E-state index contributed by atoms with van der Waals surface area (Å²) in [6.07, 6.45) is 1.84. The number of benzene rings is 1. The number of hydrogen-bond acceptors (Lipinski definition) is 3. The van der Waals surface area contributed by atoms with Gasteiger partial charge in [0.2, 0.25) is 0 Å². The molecule has 3 aromatic rings. The van der Waals surface area contributed by atoms with E-state index in [1.807, 2.05) is 23.6 Å². The highest BCUT2D eigenvalue weighted by Crippen LogP contribution is 2.27. The van der Waals surface area contributed by atoms with E-state index in [1.165, 1.54) is 14.2 Å². The summed E-state index contributed by atoms with van der Waals surface area (Å²) < 4.78 is 1.19. The van der Waals surface area contributed by atoms with Crippen LogP contribution in [0.4, 0.5) is 5.69 Å². The van der Waals surface area contributed by atoms with Gasteiger partial charge < -0.3 is 5.32 Å². The Morgan fingerprint density at radius 3 is 3.06 bits per heavy atom. The van der Waals surface area contributed by atoms with E-state index in [0.717, 1.165) is 23.1 Å². The van der Waals surface area contributed by atoms with Gasteiger partial charge in [-0.2, -0.15) is 5.10 Å². The Morgan fingerprint density at radius 1 is 1.39 bits per heavy atom. The van der Waals surface area contributed by atoms with Crippen molar-refractivity contribution >= 4 is 43.9 Å². The molecule has 0 saturated heterocycles. The van der Waals surface area contributed by atoms with Crippen LogP contribution in [0.2, 0.25) is 0 Å². The highest BCUT2D eigenvalue weighted by molar-refractivity contribution is 9.10. The van der Waals surface area contributed by atoms with Gasteiger partial charge in [-0.3, -0.25) is 5.10 Å². The average molecular weight is 322 g/mol. The van der Waals surface area contributed by atoms with Crippen LogP contribution in [0.1, 0.15) is 9.75 Å². The minimum absolute atomic E-state index is 0.848. The summed E-state index contributed by atoms with van der Waals surface area (Å²) in [5, 5.41) is 11.5. The molecule has 0 aliphatic rings. The van der Waals surface area contributed by atoms with Crippen molar-refractivity contribution in [2.24, 2.45) is 0 Å². The smallest absolute Gasteiger partial charge is 0.0651 e. The van der Waals surface area contributed by atoms with Crippen LogP contribution in [0, 0.1) is 6.92 Å². The predicted molar refractivity (Wildman–Crippen MR) is 80.2 cm³/mol. The van der Waals surface area contributed by atoms with Crippen molar-refractivity contribution in [1.29, 1.82) is 0 Å². The number of halogens is 1. The lowest BCUT2D eigenvalue weighted by molar-refractivity contribution is 1.12. The van der Waals surface area contributed by atoms with E-state index >= 15 is 0 Å². The largest absolute Gasteiger partial charge is 0.380 e. The van der Waals surface area contributed by atoms with E-state index in [9.17, 15) is 0 Å². The molecule has 3 rings (SSSR count). The van der Waals surface area contributed by atoms with Gasteiger partial charge in [-0.15, -0.1) is 11.3 Å². The monoisotopic (exact) mass is 321 g/mol. The number of rotatable bonds is 3. The Kier molecular flexibility index (Phi) is 3.09. The molecule has 92 valence electrons. The highest BCUT2D eigenvalue weighted by Gasteiger charge is 2.03. The van der Waals surface area contributed by atoms with Gasteiger partial charge in [-0.25, -0.2) is 0 Å². The molecule has 3 nitrogen and oxygen atoms in total. The van der Waals surface area contributed by atoms with Gasteiger partial charge in [0.1, 0.15) is 0 Å². The second-order valence-electron chi connectivity index (χ2n) is 4.14. The molecule has 0 bridgehead atoms. The SMILES string of the molecule is Cc1sc(CNc2ccc3[nH]ncc3c2)cc1Br. The number of nitrogens with zero attached hydrogens (tertiary/aromatic N) is 1. The van der Waals surface area contributed by atoms with Gasteiger partial charge in [0.05, 0.1) is 11.7 Å². The van der Waals surface area contributed by atoms with E-state index < -0.39 is 0 Å². The Balaban J connectivity index is 1.76. The molecule has 0 unspecified atom stereocenters. The van der Waals surface area contributed by atoms with Crippen molar-refractivity contribution in [3.8, 4) is 0 Å². The second kappa shape index (κ2) is 4.74. The molecular formula is C13H12BrN3S. The Morgan fingerprint density at radius 2 is 2.28 bits per heavy atom. The molecule has 2 heterocycles. The van der Waals surface area contributed by atoms with E-state index in [1.54, 1.807) is 0 Å². The maximum absolute atomic E-state index is 4.02. The normalized spacial score (nSPS) is 11.0. The van der Waals surface area contributed by atoms with Gasteiger partial charge in [-0.05, 0) is 47.1 Å². The van der Waals surface area contributed by atoms with Crippen LogP contribution in [0.15, 0.2) is 34.9 Å². The quantitative estimate of drug-likeness (QED) is 0.754. The third-order valence-electron chi connectivity index (χ3n) is 2.82. The van der Waals surface area contributed by atoms with Crippen molar-refractivity contribution < 1.29 is 0 Å². The Hall–Kier alpha value is -1.33. The summed E-state index contributed by atoms with van der Waals surface area (Å²) in [5.74, 6) is 0. The average Bonchev–Trinajstić information content (AvgIpc) is 2.94. The zero-order valence-electron chi connectivity index (χ0n) is 9.83. The molecule has 0 saturated carbocycles. The van der Waals surface area contributed by atoms with Gasteiger partial charge in [0.15, 0.2) is 0 Å². The van der Waals surface area contributed by atoms with Gasteiger partial charge in [0, 0.05) is 31.8 Å². The van der Waals surface area contributed by atoms with Crippen molar-refractivity contribution in [2.75, 3.05) is 5.32 Å². The number of aromatic nitrogens is 2. The first-order valence-electron chi connectivity index (χ1n) is 5.64.